The number of rotatable bonds is 4. The molecule has 0 aliphatic carbocycles. The second-order valence-corrected chi connectivity index (χ2v) is 3.63. The molecule has 0 saturated heterocycles. The third kappa shape index (κ3) is 3.51. The quantitative estimate of drug-likeness (QED) is 0.668. The van der Waals surface area contributed by atoms with Crippen LogP contribution in [0.4, 0.5) is 10.1 Å². The highest BCUT2D eigenvalue weighted by Crippen LogP contribution is 2.12. The summed E-state index contributed by atoms with van der Waals surface area (Å²) in [5.74, 6) is -0.937. The molecule has 0 bridgehead atoms. The maximum Gasteiger partial charge on any atom is 0.253 e. The van der Waals surface area contributed by atoms with Gasteiger partial charge in [0.25, 0.3) is 5.91 Å². The first-order chi connectivity index (χ1) is 7.50. The van der Waals surface area contributed by atoms with Crippen LogP contribution >= 0.6 is 0 Å². The van der Waals surface area contributed by atoms with Gasteiger partial charge < -0.3 is 16.2 Å². The molecule has 0 aromatic heterocycles. The van der Waals surface area contributed by atoms with Crippen molar-refractivity contribution in [3.8, 4) is 0 Å². The summed E-state index contributed by atoms with van der Waals surface area (Å²) in [5.41, 5.74) is 5.89. The molecule has 16 heavy (non-hydrogen) atoms. The number of benzene rings is 1. The highest BCUT2D eigenvalue weighted by molar-refractivity contribution is 5.99. The van der Waals surface area contributed by atoms with Gasteiger partial charge in [0.1, 0.15) is 5.82 Å². The van der Waals surface area contributed by atoms with E-state index in [1.807, 2.05) is 0 Å². The van der Waals surface area contributed by atoms with Crippen molar-refractivity contribution in [2.45, 2.75) is 19.4 Å². The third-order valence-corrected chi connectivity index (χ3v) is 2.11. The minimum atomic E-state index is -0.505. The first-order valence-corrected chi connectivity index (χ1v) is 5.02. The number of nitrogens with one attached hydrogen (secondary N) is 1. The Balaban J connectivity index is 2.62. The Bertz CT molecular complexity index is 380. The molecule has 88 valence electrons. The van der Waals surface area contributed by atoms with Crippen molar-refractivity contribution < 1.29 is 14.3 Å². The summed E-state index contributed by atoms with van der Waals surface area (Å²) >= 11 is 0. The van der Waals surface area contributed by atoms with Gasteiger partial charge in [0.15, 0.2) is 0 Å². The minimum Gasteiger partial charge on any atom is -0.398 e. The minimum absolute atomic E-state index is 0.116. The fourth-order valence-corrected chi connectivity index (χ4v) is 1.21. The number of anilines is 1. The third-order valence-electron chi connectivity index (χ3n) is 2.11. The second kappa shape index (κ2) is 5.46. The van der Waals surface area contributed by atoms with E-state index in [9.17, 15) is 9.18 Å². The Hall–Kier alpha value is -1.62. The molecule has 1 atom stereocenters. The summed E-state index contributed by atoms with van der Waals surface area (Å²) in [5, 5.41) is 11.6. The van der Waals surface area contributed by atoms with Gasteiger partial charge >= 0.3 is 0 Å². The molecule has 1 aromatic carbocycles. The van der Waals surface area contributed by atoms with Crippen LogP contribution in [0.5, 0.6) is 0 Å². The zero-order chi connectivity index (χ0) is 12.1. The summed E-state index contributed by atoms with van der Waals surface area (Å²) in [7, 11) is 0. The number of carbonyl (C=O) groups is 1. The van der Waals surface area contributed by atoms with E-state index in [0.717, 1.165) is 6.07 Å². The molecule has 1 unspecified atom stereocenters. The maximum atomic E-state index is 12.9. The molecule has 0 fully saturated rings. The summed E-state index contributed by atoms with van der Waals surface area (Å²) in [4.78, 5) is 11.6. The number of hydrogen-bond donors (Lipinski definition) is 3. The molecule has 1 amide bonds. The summed E-state index contributed by atoms with van der Waals surface area (Å²) < 4.78 is 12.9. The highest BCUT2D eigenvalue weighted by atomic mass is 19.1. The number of nitrogens with two attached hydrogens (primary N) is 1. The summed E-state index contributed by atoms with van der Waals surface area (Å²) in [6.07, 6.45) is -0.0359. The summed E-state index contributed by atoms with van der Waals surface area (Å²) in [6, 6.07) is 3.63. The maximum absolute atomic E-state index is 12.9. The average molecular weight is 226 g/mol. The Morgan fingerprint density at radius 3 is 2.94 bits per heavy atom. The van der Waals surface area contributed by atoms with E-state index in [1.165, 1.54) is 12.1 Å². The second-order valence-electron chi connectivity index (χ2n) is 3.63. The lowest BCUT2D eigenvalue weighted by molar-refractivity contribution is 0.0946. The monoisotopic (exact) mass is 226 g/mol. The molecule has 0 heterocycles. The van der Waals surface area contributed by atoms with Crippen molar-refractivity contribution in [3.05, 3.63) is 29.6 Å². The molecule has 4 nitrogen and oxygen atoms in total. The standard InChI is InChI=1S/C11H15FN2O2/c1-7(15)4-5-14-11(16)9-6-8(12)2-3-10(9)13/h2-3,6-7,15H,4-5,13H2,1H3,(H,14,16). The zero-order valence-electron chi connectivity index (χ0n) is 9.03. The zero-order valence-corrected chi connectivity index (χ0v) is 9.03. The Morgan fingerprint density at radius 2 is 2.31 bits per heavy atom. The lowest BCUT2D eigenvalue weighted by Crippen LogP contribution is -2.27. The van der Waals surface area contributed by atoms with Crippen molar-refractivity contribution in [2.75, 3.05) is 12.3 Å². The average Bonchev–Trinajstić information content (AvgIpc) is 2.21. The number of halogens is 1. The molecular formula is C11H15FN2O2. The first-order valence-electron chi connectivity index (χ1n) is 5.02. The number of hydrogen-bond acceptors (Lipinski definition) is 3. The molecule has 1 aromatic rings. The van der Waals surface area contributed by atoms with Crippen molar-refractivity contribution in [3.63, 3.8) is 0 Å². The van der Waals surface area contributed by atoms with E-state index in [2.05, 4.69) is 5.32 Å². The molecule has 0 spiro atoms. The van der Waals surface area contributed by atoms with E-state index >= 15 is 0 Å². The summed E-state index contributed by atoms with van der Waals surface area (Å²) in [6.45, 7) is 1.95. The van der Waals surface area contributed by atoms with Gasteiger partial charge in [-0.05, 0) is 31.5 Å². The van der Waals surface area contributed by atoms with Gasteiger partial charge in [-0.15, -0.1) is 0 Å². The lowest BCUT2D eigenvalue weighted by Gasteiger charge is -2.08. The molecule has 0 radical (unpaired) electrons. The van der Waals surface area contributed by atoms with E-state index < -0.39 is 17.8 Å². The van der Waals surface area contributed by atoms with Gasteiger partial charge in [0.05, 0.1) is 11.7 Å². The van der Waals surface area contributed by atoms with Crippen LogP contribution in [0, 0.1) is 5.82 Å². The Kier molecular flexibility index (Phi) is 4.25. The SMILES string of the molecule is CC(O)CCNC(=O)c1cc(F)ccc1N. The highest BCUT2D eigenvalue weighted by Gasteiger charge is 2.10. The number of amides is 1. The van der Waals surface area contributed by atoms with Crippen LogP contribution < -0.4 is 11.1 Å². The van der Waals surface area contributed by atoms with Crippen LogP contribution in [0.25, 0.3) is 0 Å². The molecule has 0 aliphatic rings. The molecule has 4 N–H and O–H groups in total. The van der Waals surface area contributed by atoms with Crippen LogP contribution in [0.1, 0.15) is 23.7 Å². The fourth-order valence-electron chi connectivity index (χ4n) is 1.21. The Labute approximate surface area is 93.3 Å². The van der Waals surface area contributed by atoms with Crippen LogP contribution in [0.3, 0.4) is 0 Å². The van der Waals surface area contributed by atoms with Gasteiger partial charge in [-0.25, -0.2) is 4.39 Å². The van der Waals surface area contributed by atoms with Crippen molar-refractivity contribution in [1.82, 2.24) is 5.32 Å². The van der Waals surface area contributed by atoms with E-state index in [1.54, 1.807) is 6.92 Å². The van der Waals surface area contributed by atoms with Gasteiger partial charge in [0.2, 0.25) is 0 Å². The van der Waals surface area contributed by atoms with Crippen molar-refractivity contribution in [1.29, 1.82) is 0 Å². The fraction of sp³-hybridized carbons (Fsp3) is 0.364. The Morgan fingerprint density at radius 1 is 1.62 bits per heavy atom. The van der Waals surface area contributed by atoms with Crippen molar-refractivity contribution in [2.24, 2.45) is 0 Å². The van der Waals surface area contributed by atoms with Crippen LogP contribution in [0.2, 0.25) is 0 Å². The predicted molar refractivity (Wildman–Crippen MR) is 59.4 cm³/mol. The van der Waals surface area contributed by atoms with Crippen LogP contribution in [-0.2, 0) is 0 Å². The molecule has 1 rings (SSSR count). The van der Waals surface area contributed by atoms with E-state index in [4.69, 9.17) is 10.8 Å². The van der Waals surface area contributed by atoms with E-state index in [-0.39, 0.29) is 11.3 Å². The first kappa shape index (κ1) is 12.4. The molecule has 0 saturated carbocycles. The molecule has 5 heteroatoms. The number of aliphatic hydroxyl groups excluding tert-OH is 1. The van der Waals surface area contributed by atoms with Gasteiger partial charge in [-0.2, -0.15) is 0 Å². The lowest BCUT2D eigenvalue weighted by atomic mass is 10.1. The van der Waals surface area contributed by atoms with Gasteiger partial charge in [-0.3, -0.25) is 4.79 Å². The number of aliphatic hydroxyl groups is 1. The largest absolute Gasteiger partial charge is 0.398 e. The number of carbonyl (C=O) groups excluding carboxylic acids is 1. The van der Waals surface area contributed by atoms with E-state index in [0.29, 0.717) is 13.0 Å². The van der Waals surface area contributed by atoms with Crippen LogP contribution in [0.15, 0.2) is 18.2 Å². The number of nitrogen functional groups attached to an aromatic ring is 1. The molecule has 0 aliphatic heterocycles. The normalized spacial score (nSPS) is 12.2. The molecular weight excluding hydrogens is 211 g/mol. The van der Waals surface area contributed by atoms with Gasteiger partial charge in [-0.1, -0.05) is 0 Å². The predicted octanol–water partition coefficient (Wildman–Crippen LogP) is 0.909. The van der Waals surface area contributed by atoms with Crippen molar-refractivity contribution >= 4 is 11.6 Å². The van der Waals surface area contributed by atoms with Gasteiger partial charge in [0, 0.05) is 12.2 Å². The topological polar surface area (TPSA) is 75.3 Å². The van der Waals surface area contributed by atoms with Crippen LogP contribution in [-0.4, -0.2) is 23.7 Å². The smallest absolute Gasteiger partial charge is 0.253 e.